The van der Waals surface area contributed by atoms with Crippen molar-refractivity contribution in [1.82, 2.24) is 9.97 Å². The molecule has 0 bridgehead atoms. The molecule has 13 heavy (non-hydrogen) atoms. The van der Waals surface area contributed by atoms with E-state index in [4.69, 9.17) is 0 Å². The summed E-state index contributed by atoms with van der Waals surface area (Å²) in [6.45, 7) is 0. The summed E-state index contributed by atoms with van der Waals surface area (Å²) in [7, 11) is 0. The molecule has 0 saturated heterocycles. The summed E-state index contributed by atoms with van der Waals surface area (Å²) in [6.07, 6.45) is 5.85. The van der Waals surface area contributed by atoms with Gasteiger partial charge in [-0.1, -0.05) is 0 Å². The van der Waals surface area contributed by atoms with Gasteiger partial charge in [-0.3, -0.25) is 9.98 Å². The molecule has 1 aliphatic rings. The summed E-state index contributed by atoms with van der Waals surface area (Å²) < 4.78 is 0. The van der Waals surface area contributed by atoms with Crippen molar-refractivity contribution >= 4 is 22.9 Å². The zero-order valence-corrected chi connectivity index (χ0v) is 7.12. The predicted octanol–water partition coefficient (Wildman–Crippen LogP) is 2.21. The highest BCUT2D eigenvalue weighted by atomic mass is 14.9. The zero-order chi connectivity index (χ0) is 8.67. The van der Waals surface area contributed by atoms with Gasteiger partial charge in [0.1, 0.15) is 11.2 Å². The van der Waals surface area contributed by atoms with Crippen molar-refractivity contribution in [2.45, 2.75) is 12.8 Å². The van der Waals surface area contributed by atoms with E-state index in [-0.39, 0.29) is 0 Å². The number of hydrogen-bond acceptors (Lipinski definition) is 2. The lowest BCUT2D eigenvalue weighted by Crippen LogP contribution is -1.91. The maximum Gasteiger partial charge on any atom is 0.114 e. The number of pyridine rings is 1. The van der Waals surface area contributed by atoms with Crippen molar-refractivity contribution in [3.8, 4) is 0 Å². The van der Waals surface area contributed by atoms with E-state index in [1.807, 2.05) is 18.3 Å². The first-order valence-corrected chi connectivity index (χ1v) is 4.43. The second-order valence-corrected chi connectivity index (χ2v) is 3.20. The van der Waals surface area contributed by atoms with Gasteiger partial charge >= 0.3 is 0 Å². The molecule has 0 unspecified atom stereocenters. The van der Waals surface area contributed by atoms with Crippen LogP contribution < -0.4 is 0 Å². The van der Waals surface area contributed by atoms with Crippen LogP contribution in [0.5, 0.6) is 0 Å². The molecule has 0 atom stereocenters. The van der Waals surface area contributed by atoms with Crippen LogP contribution in [0.4, 0.5) is 5.69 Å². The van der Waals surface area contributed by atoms with E-state index in [0.717, 1.165) is 29.6 Å². The molecule has 64 valence electrons. The molecule has 3 heteroatoms. The van der Waals surface area contributed by atoms with E-state index < -0.39 is 0 Å². The van der Waals surface area contributed by atoms with Crippen LogP contribution in [0.1, 0.15) is 12.1 Å². The van der Waals surface area contributed by atoms with Gasteiger partial charge in [0.25, 0.3) is 0 Å². The van der Waals surface area contributed by atoms with E-state index in [1.165, 1.54) is 5.69 Å². The Bertz CT molecular complexity index is 482. The highest BCUT2D eigenvalue weighted by Crippen LogP contribution is 2.30. The third-order valence-electron chi connectivity index (χ3n) is 2.35. The fourth-order valence-corrected chi connectivity index (χ4v) is 1.74. The normalized spacial score (nSPS) is 14.8. The number of nitrogens with one attached hydrogen (secondary N) is 1. The van der Waals surface area contributed by atoms with Gasteiger partial charge in [0.2, 0.25) is 0 Å². The van der Waals surface area contributed by atoms with Gasteiger partial charge in [0.05, 0.1) is 5.52 Å². The Hall–Kier alpha value is -1.64. The van der Waals surface area contributed by atoms with Gasteiger partial charge in [-0.15, -0.1) is 0 Å². The van der Waals surface area contributed by atoms with Crippen LogP contribution in [0.15, 0.2) is 23.3 Å². The van der Waals surface area contributed by atoms with E-state index >= 15 is 0 Å². The van der Waals surface area contributed by atoms with Gasteiger partial charge < -0.3 is 4.98 Å². The Balaban J connectivity index is 2.42. The third kappa shape index (κ3) is 0.900. The molecule has 3 heterocycles. The quantitative estimate of drug-likeness (QED) is 0.648. The van der Waals surface area contributed by atoms with Crippen molar-refractivity contribution in [3.05, 3.63) is 24.0 Å². The van der Waals surface area contributed by atoms with E-state index in [9.17, 15) is 0 Å². The first-order chi connectivity index (χ1) is 6.45. The molecule has 0 fully saturated rings. The minimum Gasteiger partial charge on any atom is -0.355 e. The van der Waals surface area contributed by atoms with Crippen LogP contribution >= 0.6 is 0 Å². The Morgan fingerprint density at radius 3 is 3.38 bits per heavy atom. The average Bonchev–Trinajstić information content (AvgIpc) is 2.56. The Kier molecular flexibility index (Phi) is 1.27. The van der Waals surface area contributed by atoms with Crippen LogP contribution in [0.25, 0.3) is 11.0 Å². The van der Waals surface area contributed by atoms with Gasteiger partial charge in [0.15, 0.2) is 0 Å². The fourth-order valence-electron chi connectivity index (χ4n) is 1.74. The summed E-state index contributed by atoms with van der Waals surface area (Å²) in [6, 6.07) is 3.98. The summed E-state index contributed by atoms with van der Waals surface area (Å²) in [5.41, 5.74) is 4.33. The highest BCUT2D eigenvalue weighted by molar-refractivity contribution is 5.91. The smallest absolute Gasteiger partial charge is 0.114 e. The van der Waals surface area contributed by atoms with Gasteiger partial charge in [0, 0.05) is 18.1 Å². The van der Waals surface area contributed by atoms with E-state index in [2.05, 4.69) is 15.0 Å². The van der Waals surface area contributed by atoms with Gasteiger partial charge in [-0.25, -0.2) is 0 Å². The number of aromatic nitrogens is 2. The third-order valence-corrected chi connectivity index (χ3v) is 2.35. The Labute approximate surface area is 75.5 Å². The number of hydrogen-bond donors (Lipinski definition) is 1. The maximum atomic E-state index is 4.36. The topological polar surface area (TPSA) is 41.0 Å². The van der Waals surface area contributed by atoms with E-state index in [0.29, 0.717) is 0 Å². The van der Waals surface area contributed by atoms with Crippen molar-refractivity contribution in [2.75, 3.05) is 0 Å². The van der Waals surface area contributed by atoms with Crippen LogP contribution in [0.3, 0.4) is 0 Å². The Morgan fingerprint density at radius 1 is 1.38 bits per heavy atom. The number of aryl methyl sites for hydroxylation is 1. The second kappa shape index (κ2) is 2.42. The molecule has 0 spiro atoms. The van der Waals surface area contributed by atoms with Gasteiger partial charge in [-0.2, -0.15) is 0 Å². The van der Waals surface area contributed by atoms with Crippen molar-refractivity contribution in [2.24, 2.45) is 4.99 Å². The number of aromatic amines is 1. The van der Waals surface area contributed by atoms with Gasteiger partial charge in [-0.05, 0) is 25.0 Å². The lowest BCUT2D eigenvalue weighted by Gasteiger charge is -2.01. The minimum atomic E-state index is 0.994. The number of aliphatic imine (C=N–C) groups is 1. The first-order valence-electron chi connectivity index (χ1n) is 4.43. The van der Waals surface area contributed by atoms with Crippen LogP contribution in [-0.2, 0) is 6.42 Å². The fraction of sp³-hybridized carbons (Fsp3) is 0.200. The van der Waals surface area contributed by atoms with Crippen LogP contribution in [-0.4, -0.2) is 16.2 Å². The number of rotatable bonds is 0. The van der Waals surface area contributed by atoms with E-state index in [1.54, 1.807) is 6.20 Å². The van der Waals surface area contributed by atoms with Crippen molar-refractivity contribution in [1.29, 1.82) is 0 Å². The molecule has 3 nitrogen and oxygen atoms in total. The van der Waals surface area contributed by atoms with Crippen molar-refractivity contribution < 1.29 is 0 Å². The summed E-state index contributed by atoms with van der Waals surface area (Å²) in [5.74, 6) is 0. The SMILES string of the molecule is C1=Nc2c([nH]c3cccnc23)CC1. The largest absolute Gasteiger partial charge is 0.355 e. The molecule has 1 N–H and O–H groups in total. The average molecular weight is 171 g/mol. The molecule has 2 aromatic rings. The standard InChI is InChI=1S/C10H9N3/c1-3-7-9(11-5-1)10-8(13-7)4-2-6-12-10/h1,3,5-6,13H,2,4H2. The number of fused-ring (bicyclic) bond motifs is 3. The molecule has 3 rings (SSSR count). The zero-order valence-electron chi connectivity index (χ0n) is 7.12. The summed E-state index contributed by atoms with van der Waals surface area (Å²) in [4.78, 5) is 12.0. The minimum absolute atomic E-state index is 0.994. The first kappa shape index (κ1) is 6.83. The van der Waals surface area contributed by atoms with Crippen molar-refractivity contribution in [3.63, 3.8) is 0 Å². The summed E-state index contributed by atoms with van der Waals surface area (Å²) >= 11 is 0. The lowest BCUT2D eigenvalue weighted by atomic mass is 10.2. The summed E-state index contributed by atoms with van der Waals surface area (Å²) in [5, 5.41) is 0. The Morgan fingerprint density at radius 2 is 2.38 bits per heavy atom. The predicted molar refractivity (Wildman–Crippen MR) is 52.6 cm³/mol. The number of H-pyrrole nitrogens is 1. The molecule has 0 aromatic carbocycles. The second-order valence-electron chi connectivity index (χ2n) is 3.20. The molecule has 0 aliphatic carbocycles. The molecule has 0 saturated carbocycles. The molecular weight excluding hydrogens is 162 g/mol. The molecule has 0 radical (unpaired) electrons. The number of nitrogens with zero attached hydrogens (tertiary/aromatic N) is 2. The maximum absolute atomic E-state index is 4.36. The van der Waals surface area contributed by atoms with Crippen LogP contribution in [0, 0.1) is 0 Å². The monoisotopic (exact) mass is 171 g/mol. The van der Waals surface area contributed by atoms with Crippen LogP contribution in [0.2, 0.25) is 0 Å². The highest BCUT2D eigenvalue weighted by Gasteiger charge is 2.12. The molecular formula is C10H9N3. The molecule has 0 amide bonds. The molecule has 1 aliphatic heterocycles. The lowest BCUT2D eigenvalue weighted by molar-refractivity contribution is 0.987. The molecule has 2 aromatic heterocycles.